The zero-order valence-electron chi connectivity index (χ0n) is 12.2. The summed E-state index contributed by atoms with van der Waals surface area (Å²) in [5, 5.41) is 3.37. The van der Waals surface area contributed by atoms with E-state index in [9.17, 15) is 4.79 Å². The number of rotatable bonds is 2. The molecule has 0 aromatic heterocycles. The summed E-state index contributed by atoms with van der Waals surface area (Å²) in [5.41, 5.74) is 2.60. The molecule has 0 saturated carbocycles. The number of nitrogens with zero attached hydrogens (tertiary/aromatic N) is 2. The van der Waals surface area contributed by atoms with Gasteiger partial charge in [-0.3, -0.25) is 9.69 Å². The molecule has 4 nitrogen and oxygen atoms in total. The summed E-state index contributed by atoms with van der Waals surface area (Å²) in [6, 6.07) is 8.26. The Morgan fingerprint density at radius 1 is 1.24 bits per heavy atom. The monoisotopic (exact) mass is 283 g/mol. The van der Waals surface area contributed by atoms with Crippen LogP contribution >= 0.6 is 0 Å². The van der Waals surface area contributed by atoms with E-state index in [0.717, 1.165) is 39.1 Å². The molecule has 1 saturated heterocycles. The van der Waals surface area contributed by atoms with Crippen molar-refractivity contribution in [2.45, 2.75) is 19.0 Å². The van der Waals surface area contributed by atoms with Crippen molar-refractivity contribution in [2.75, 3.05) is 32.7 Å². The van der Waals surface area contributed by atoms with Crippen LogP contribution < -0.4 is 5.32 Å². The zero-order chi connectivity index (χ0) is 14.7. The molecule has 0 spiro atoms. The minimum absolute atomic E-state index is 0.0842. The van der Waals surface area contributed by atoms with Gasteiger partial charge in [-0.15, -0.1) is 6.42 Å². The molecule has 2 heterocycles. The van der Waals surface area contributed by atoms with E-state index >= 15 is 0 Å². The third-order valence-electron chi connectivity index (χ3n) is 4.38. The number of terminal acetylenes is 1. The van der Waals surface area contributed by atoms with Crippen LogP contribution in [-0.2, 0) is 17.8 Å². The first-order chi connectivity index (χ1) is 10.3. The van der Waals surface area contributed by atoms with Crippen molar-refractivity contribution in [3.63, 3.8) is 0 Å². The Hall–Kier alpha value is -1.83. The molecule has 2 aliphatic rings. The van der Waals surface area contributed by atoms with Crippen LogP contribution in [0.2, 0.25) is 0 Å². The lowest BCUT2D eigenvalue weighted by Crippen LogP contribution is -2.55. The normalized spacial score (nSPS) is 22.4. The lowest BCUT2D eigenvalue weighted by atomic mass is 9.95. The van der Waals surface area contributed by atoms with Gasteiger partial charge < -0.3 is 10.2 Å². The first-order valence-electron chi connectivity index (χ1n) is 7.52. The largest absolute Gasteiger partial charge is 0.339 e. The van der Waals surface area contributed by atoms with Crippen molar-refractivity contribution in [2.24, 2.45) is 0 Å². The average molecular weight is 283 g/mol. The van der Waals surface area contributed by atoms with Crippen LogP contribution in [0, 0.1) is 12.3 Å². The predicted octanol–water partition coefficient (Wildman–Crippen LogP) is 0.478. The molecule has 0 aliphatic carbocycles. The average Bonchev–Trinajstić information content (AvgIpc) is 2.55. The molecule has 1 amide bonds. The Labute approximate surface area is 126 Å². The van der Waals surface area contributed by atoms with Gasteiger partial charge in [0, 0.05) is 32.7 Å². The van der Waals surface area contributed by atoms with Crippen molar-refractivity contribution in [3.8, 4) is 12.3 Å². The maximum atomic E-state index is 12.6. The Morgan fingerprint density at radius 3 is 2.67 bits per heavy atom. The van der Waals surface area contributed by atoms with Crippen molar-refractivity contribution in [1.82, 2.24) is 15.1 Å². The van der Waals surface area contributed by atoms with Gasteiger partial charge >= 0.3 is 0 Å². The zero-order valence-corrected chi connectivity index (χ0v) is 12.2. The first kappa shape index (κ1) is 14.1. The van der Waals surface area contributed by atoms with Gasteiger partial charge in [0.25, 0.3) is 0 Å². The van der Waals surface area contributed by atoms with Gasteiger partial charge in [0.1, 0.15) is 0 Å². The number of carbonyl (C=O) groups excluding carboxylic acids is 1. The summed E-state index contributed by atoms with van der Waals surface area (Å²) in [6.07, 6.45) is 6.12. The third-order valence-corrected chi connectivity index (χ3v) is 4.38. The summed E-state index contributed by atoms with van der Waals surface area (Å²) in [6.45, 7) is 4.76. The second-order valence-corrected chi connectivity index (χ2v) is 5.71. The Morgan fingerprint density at radius 2 is 1.95 bits per heavy atom. The van der Waals surface area contributed by atoms with Gasteiger partial charge in [-0.2, -0.15) is 0 Å². The van der Waals surface area contributed by atoms with Crippen LogP contribution in [-0.4, -0.2) is 54.5 Å². The summed E-state index contributed by atoms with van der Waals surface area (Å²) in [7, 11) is 0. The van der Waals surface area contributed by atoms with Gasteiger partial charge in [-0.25, -0.2) is 0 Å². The predicted molar refractivity (Wildman–Crippen MR) is 82.6 cm³/mol. The van der Waals surface area contributed by atoms with E-state index in [1.165, 1.54) is 11.1 Å². The molecule has 1 fully saturated rings. The maximum absolute atomic E-state index is 12.6. The molecule has 1 unspecified atom stereocenters. The van der Waals surface area contributed by atoms with Gasteiger partial charge in [0.15, 0.2) is 0 Å². The van der Waals surface area contributed by atoms with Crippen LogP contribution in [0.4, 0.5) is 0 Å². The first-order valence-corrected chi connectivity index (χ1v) is 7.52. The van der Waals surface area contributed by atoms with Crippen LogP contribution in [0.1, 0.15) is 11.1 Å². The highest BCUT2D eigenvalue weighted by Crippen LogP contribution is 2.18. The molecule has 21 heavy (non-hydrogen) atoms. The van der Waals surface area contributed by atoms with Crippen LogP contribution in [0.15, 0.2) is 24.3 Å². The van der Waals surface area contributed by atoms with Crippen molar-refractivity contribution in [3.05, 3.63) is 35.4 Å². The molecule has 0 bridgehead atoms. The molecule has 110 valence electrons. The quantitative estimate of drug-likeness (QED) is 0.802. The van der Waals surface area contributed by atoms with E-state index in [2.05, 4.69) is 28.3 Å². The van der Waals surface area contributed by atoms with E-state index in [1.807, 2.05) is 17.0 Å². The van der Waals surface area contributed by atoms with Crippen molar-refractivity contribution in [1.29, 1.82) is 0 Å². The third kappa shape index (κ3) is 3.10. The summed E-state index contributed by atoms with van der Waals surface area (Å²) in [5.74, 6) is 2.89. The van der Waals surface area contributed by atoms with Crippen molar-refractivity contribution >= 4 is 5.91 Å². The van der Waals surface area contributed by atoms with E-state index in [-0.39, 0.29) is 11.9 Å². The Balaban J connectivity index is 1.59. The molecule has 1 aromatic carbocycles. The van der Waals surface area contributed by atoms with Crippen molar-refractivity contribution < 1.29 is 4.79 Å². The summed E-state index contributed by atoms with van der Waals surface area (Å²) >= 11 is 0. The number of fused-ring (bicyclic) bond motifs is 1. The number of benzene rings is 1. The van der Waals surface area contributed by atoms with Gasteiger partial charge in [0.05, 0.1) is 12.6 Å². The molecule has 0 radical (unpaired) electrons. The standard InChI is InChI=1S/C17H21N3O/c1-2-7-19-8-10-20(11-9-19)17(21)16-12-14-5-3-4-6-15(14)13-18-16/h1,3-6,16,18H,7-13H2. The van der Waals surface area contributed by atoms with Crippen LogP contribution in [0.25, 0.3) is 0 Å². The Bertz CT molecular complexity index is 555. The number of amides is 1. The number of carbonyl (C=O) groups is 1. The van der Waals surface area contributed by atoms with E-state index in [0.29, 0.717) is 6.54 Å². The van der Waals surface area contributed by atoms with E-state index in [1.54, 1.807) is 0 Å². The topological polar surface area (TPSA) is 35.6 Å². The molecule has 1 N–H and O–H groups in total. The minimum Gasteiger partial charge on any atom is -0.339 e. The SMILES string of the molecule is C#CCN1CCN(C(=O)C2Cc3ccccc3CN2)CC1. The van der Waals surface area contributed by atoms with E-state index < -0.39 is 0 Å². The number of piperazine rings is 1. The Kier molecular flexibility index (Phi) is 4.23. The number of nitrogens with one attached hydrogen (secondary N) is 1. The molecular formula is C17H21N3O. The molecule has 4 heteroatoms. The fraction of sp³-hybridized carbons (Fsp3) is 0.471. The van der Waals surface area contributed by atoms with Gasteiger partial charge in [0.2, 0.25) is 5.91 Å². The molecular weight excluding hydrogens is 262 g/mol. The lowest BCUT2D eigenvalue weighted by Gasteiger charge is -2.37. The minimum atomic E-state index is -0.0842. The van der Waals surface area contributed by atoms with Gasteiger partial charge in [-0.1, -0.05) is 30.2 Å². The van der Waals surface area contributed by atoms with Crippen LogP contribution in [0.3, 0.4) is 0 Å². The molecule has 1 atom stereocenters. The highest BCUT2D eigenvalue weighted by Gasteiger charge is 2.29. The molecule has 2 aliphatic heterocycles. The molecule has 3 rings (SSSR count). The fourth-order valence-electron chi connectivity index (χ4n) is 3.10. The molecule has 1 aromatic rings. The second-order valence-electron chi connectivity index (χ2n) is 5.71. The van der Waals surface area contributed by atoms with E-state index in [4.69, 9.17) is 6.42 Å². The number of hydrogen-bond donors (Lipinski definition) is 1. The highest BCUT2D eigenvalue weighted by molar-refractivity contribution is 5.82. The summed E-state index contributed by atoms with van der Waals surface area (Å²) in [4.78, 5) is 16.8. The van der Waals surface area contributed by atoms with Crippen LogP contribution in [0.5, 0.6) is 0 Å². The fourth-order valence-corrected chi connectivity index (χ4v) is 3.10. The maximum Gasteiger partial charge on any atom is 0.240 e. The second kappa shape index (κ2) is 6.30. The van der Waals surface area contributed by atoms with Gasteiger partial charge in [-0.05, 0) is 17.5 Å². The highest BCUT2D eigenvalue weighted by atomic mass is 16.2. The number of hydrogen-bond acceptors (Lipinski definition) is 3. The summed E-state index contributed by atoms with van der Waals surface area (Å²) < 4.78 is 0. The lowest BCUT2D eigenvalue weighted by molar-refractivity contribution is -0.135. The smallest absolute Gasteiger partial charge is 0.240 e.